The van der Waals surface area contributed by atoms with Crippen molar-refractivity contribution in [3.8, 4) is 0 Å². The van der Waals surface area contributed by atoms with Gasteiger partial charge in [0.2, 0.25) is 0 Å². The van der Waals surface area contributed by atoms with Crippen molar-refractivity contribution >= 4 is 16.0 Å². The highest BCUT2D eigenvalue weighted by Crippen LogP contribution is 2.26. The Balaban J connectivity index is 2.15. The van der Waals surface area contributed by atoms with Crippen LogP contribution in [0, 0.1) is 5.41 Å². The number of H-pyrrole nitrogens is 1. The van der Waals surface area contributed by atoms with Crippen LogP contribution in [0.4, 0.5) is 0 Å². The van der Waals surface area contributed by atoms with E-state index in [1.807, 2.05) is 6.92 Å². The number of aromatic nitrogens is 2. The topological polar surface area (TPSA) is 121 Å². The Labute approximate surface area is 103 Å². The quantitative estimate of drug-likeness (QED) is 0.661. The van der Waals surface area contributed by atoms with Crippen molar-refractivity contribution in [2.75, 3.05) is 19.8 Å². The van der Waals surface area contributed by atoms with Crippen LogP contribution in [0.2, 0.25) is 0 Å². The number of ether oxygens (including phenoxy) is 1. The largest absolute Gasteiger partial charge is 0.478 e. The summed E-state index contributed by atoms with van der Waals surface area (Å²) in [5.74, 6) is -1.35. The van der Waals surface area contributed by atoms with Gasteiger partial charge in [0.1, 0.15) is 5.56 Å². The number of nitrogens with zero attached hydrogens (tertiary/aromatic N) is 1. The number of hydrogen-bond donors (Lipinski definition) is 3. The molecule has 3 N–H and O–H groups in total. The Morgan fingerprint density at radius 2 is 2.33 bits per heavy atom. The van der Waals surface area contributed by atoms with E-state index in [1.165, 1.54) is 0 Å². The molecule has 0 saturated carbocycles. The monoisotopic (exact) mass is 275 g/mol. The van der Waals surface area contributed by atoms with Crippen LogP contribution in [0.1, 0.15) is 17.3 Å². The SMILES string of the molecule is CC1(CNS(=O)(=O)c2[nH]ncc2C(=O)O)COC1. The Bertz CT molecular complexity index is 561. The summed E-state index contributed by atoms with van der Waals surface area (Å²) in [4.78, 5) is 10.8. The summed E-state index contributed by atoms with van der Waals surface area (Å²) in [5, 5.41) is 14.0. The minimum Gasteiger partial charge on any atom is -0.478 e. The van der Waals surface area contributed by atoms with Gasteiger partial charge in [0, 0.05) is 12.0 Å². The predicted molar refractivity (Wildman–Crippen MR) is 59.7 cm³/mol. The van der Waals surface area contributed by atoms with Gasteiger partial charge in [-0.15, -0.1) is 0 Å². The zero-order valence-electron chi connectivity index (χ0n) is 9.63. The second-order valence-electron chi connectivity index (χ2n) is 4.55. The fourth-order valence-electron chi connectivity index (χ4n) is 1.53. The average Bonchev–Trinajstić information content (AvgIpc) is 2.73. The highest BCUT2D eigenvalue weighted by atomic mass is 32.2. The molecule has 0 amide bonds. The number of carboxylic acids is 1. The first-order chi connectivity index (χ1) is 8.34. The molecule has 1 aromatic heterocycles. The van der Waals surface area contributed by atoms with Gasteiger partial charge in [0.25, 0.3) is 10.0 Å². The summed E-state index contributed by atoms with van der Waals surface area (Å²) < 4.78 is 31.2. The van der Waals surface area contributed by atoms with E-state index >= 15 is 0 Å². The maximum atomic E-state index is 11.9. The molecule has 1 saturated heterocycles. The average molecular weight is 275 g/mol. The zero-order chi connectivity index (χ0) is 13.4. The molecular formula is C9H13N3O5S. The van der Waals surface area contributed by atoms with Crippen molar-refractivity contribution in [3.05, 3.63) is 11.8 Å². The minimum absolute atomic E-state index is 0.188. The van der Waals surface area contributed by atoms with Gasteiger partial charge in [-0.25, -0.2) is 17.9 Å². The fourth-order valence-corrected chi connectivity index (χ4v) is 2.81. The standard InChI is InChI=1S/C9H13N3O5S/c1-9(4-17-5-9)3-11-18(15,16)7-6(8(13)14)2-10-12-7/h2,11H,3-5H2,1H3,(H,10,12)(H,13,14). The van der Waals surface area contributed by atoms with Gasteiger partial charge < -0.3 is 9.84 Å². The molecule has 1 aliphatic heterocycles. The molecule has 0 aliphatic carbocycles. The van der Waals surface area contributed by atoms with Crippen molar-refractivity contribution in [2.24, 2.45) is 5.41 Å². The van der Waals surface area contributed by atoms with Gasteiger partial charge in [0.15, 0.2) is 5.03 Å². The van der Waals surface area contributed by atoms with E-state index in [2.05, 4.69) is 14.9 Å². The predicted octanol–water partition coefficient (Wildman–Crippen LogP) is -0.577. The molecule has 0 unspecified atom stereocenters. The molecular weight excluding hydrogens is 262 g/mol. The second kappa shape index (κ2) is 4.34. The van der Waals surface area contributed by atoms with Gasteiger partial charge in [-0.1, -0.05) is 6.92 Å². The third kappa shape index (κ3) is 2.37. The van der Waals surface area contributed by atoms with Crippen LogP contribution in [-0.2, 0) is 14.8 Å². The van der Waals surface area contributed by atoms with Crippen LogP contribution in [0.3, 0.4) is 0 Å². The molecule has 1 aliphatic rings. The Hall–Kier alpha value is -1.45. The number of nitrogens with one attached hydrogen (secondary N) is 2. The molecule has 0 atom stereocenters. The highest BCUT2D eigenvalue weighted by Gasteiger charge is 2.35. The van der Waals surface area contributed by atoms with Crippen LogP contribution in [0.5, 0.6) is 0 Å². The molecule has 0 spiro atoms. The lowest BCUT2D eigenvalue weighted by atomic mass is 9.89. The van der Waals surface area contributed by atoms with Gasteiger partial charge in [-0.3, -0.25) is 5.10 Å². The van der Waals surface area contributed by atoms with Crippen LogP contribution in [-0.4, -0.2) is 49.4 Å². The second-order valence-corrected chi connectivity index (χ2v) is 6.25. The molecule has 0 aromatic carbocycles. The van der Waals surface area contributed by atoms with Crippen LogP contribution < -0.4 is 4.72 Å². The first-order valence-corrected chi connectivity index (χ1v) is 6.66. The maximum absolute atomic E-state index is 11.9. The lowest BCUT2D eigenvalue weighted by molar-refractivity contribution is -0.0966. The maximum Gasteiger partial charge on any atom is 0.340 e. The number of sulfonamides is 1. The van der Waals surface area contributed by atoms with E-state index < -0.39 is 21.0 Å². The molecule has 9 heteroatoms. The number of hydrogen-bond acceptors (Lipinski definition) is 5. The summed E-state index contributed by atoms with van der Waals surface area (Å²) in [6.45, 7) is 3.02. The van der Waals surface area contributed by atoms with Crippen molar-refractivity contribution in [1.82, 2.24) is 14.9 Å². The molecule has 0 radical (unpaired) electrons. The Morgan fingerprint density at radius 3 is 2.83 bits per heavy atom. The lowest BCUT2D eigenvalue weighted by Gasteiger charge is -2.37. The Morgan fingerprint density at radius 1 is 1.67 bits per heavy atom. The van der Waals surface area contributed by atoms with Gasteiger partial charge in [-0.2, -0.15) is 5.10 Å². The van der Waals surface area contributed by atoms with Crippen LogP contribution in [0.15, 0.2) is 11.2 Å². The smallest absolute Gasteiger partial charge is 0.340 e. The van der Waals surface area contributed by atoms with Crippen molar-refractivity contribution < 1.29 is 23.1 Å². The summed E-state index contributed by atoms with van der Waals surface area (Å²) in [7, 11) is -3.91. The summed E-state index contributed by atoms with van der Waals surface area (Å²) in [5.41, 5.74) is -0.617. The van der Waals surface area contributed by atoms with Gasteiger partial charge in [0.05, 0.1) is 19.4 Å². The van der Waals surface area contributed by atoms with Crippen LogP contribution >= 0.6 is 0 Å². The van der Waals surface area contributed by atoms with E-state index in [9.17, 15) is 13.2 Å². The van der Waals surface area contributed by atoms with E-state index in [0.29, 0.717) is 13.2 Å². The summed E-state index contributed by atoms with van der Waals surface area (Å²) in [6, 6.07) is 0. The molecule has 8 nitrogen and oxygen atoms in total. The third-order valence-electron chi connectivity index (χ3n) is 2.69. The molecule has 18 heavy (non-hydrogen) atoms. The summed E-state index contributed by atoms with van der Waals surface area (Å²) >= 11 is 0. The molecule has 2 rings (SSSR count). The van der Waals surface area contributed by atoms with E-state index in [1.54, 1.807) is 0 Å². The molecule has 1 aromatic rings. The Kier molecular flexibility index (Phi) is 3.13. The molecule has 100 valence electrons. The molecule has 0 bridgehead atoms. The van der Waals surface area contributed by atoms with Gasteiger partial charge >= 0.3 is 5.97 Å². The number of carbonyl (C=O) groups is 1. The molecule has 1 fully saturated rings. The first kappa shape index (κ1) is 13.0. The highest BCUT2D eigenvalue weighted by molar-refractivity contribution is 7.89. The third-order valence-corrected chi connectivity index (χ3v) is 4.07. The fraction of sp³-hybridized carbons (Fsp3) is 0.556. The van der Waals surface area contributed by atoms with Crippen LogP contribution in [0.25, 0.3) is 0 Å². The normalized spacial score (nSPS) is 18.3. The van der Waals surface area contributed by atoms with E-state index in [-0.39, 0.29) is 17.5 Å². The van der Waals surface area contributed by atoms with Crippen molar-refractivity contribution in [1.29, 1.82) is 0 Å². The molecule has 2 heterocycles. The number of aromatic carboxylic acids is 1. The lowest BCUT2D eigenvalue weighted by Crippen LogP contribution is -2.48. The summed E-state index contributed by atoms with van der Waals surface area (Å²) in [6.07, 6.45) is 0.963. The number of carboxylic acid groups (broad SMARTS) is 1. The van der Waals surface area contributed by atoms with Crippen molar-refractivity contribution in [2.45, 2.75) is 11.9 Å². The number of aromatic amines is 1. The van der Waals surface area contributed by atoms with E-state index in [0.717, 1.165) is 6.20 Å². The van der Waals surface area contributed by atoms with Gasteiger partial charge in [-0.05, 0) is 0 Å². The first-order valence-electron chi connectivity index (χ1n) is 5.18. The minimum atomic E-state index is -3.91. The van der Waals surface area contributed by atoms with Crippen molar-refractivity contribution in [3.63, 3.8) is 0 Å². The number of rotatable bonds is 5. The zero-order valence-corrected chi connectivity index (χ0v) is 10.5. The van der Waals surface area contributed by atoms with E-state index in [4.69, 9.17) is 9.84 Å².